The van der Waals surface area contributed by atoms with E-state index < -0.39 is 0 Å². The third kappa shape index (κ3) is 1.97. The zero-order valence-corrected chi connectivity index (χ0v) is 12.4. The van der Waals surface area contributed by atoms with Crippen LogP contribution in [0, 0.1) is 5.92 Å². The Bertz CT molecular complexity index is 801. The van der Waals surface area contributed by atoms with Gasteiger partial charge in [0.05, 0.1) is 11.6 Å². The molecule has 22 heavy (non-hydrogen) atoms. The van der Waals surface area contributed by atoms with E-state index in [1.807, 2.05) is 30.3 Å². The smallest absolute Gasteiger partial charge is 0.272 e. The Labute approximate surface area is 131 Å². The molecule has 2 aromatic carbocycles. The van der Waals surface area contributed by atoms with Crippen LogP contribution in [-0.2, 0) is 4.79 Å². The molecule has 2 aliphatic heterocycles. The van der Waals surface area contributed by atoms with E-state index in [-0.39, 0.29) is 17.7 Å². The molecular formula is C17H12N2O2S. The van der Waals surface area contributed by atoms with Gasteiger partial charge in [0.2, 0.25) is 0 Å². The summed E-state index contributed by atoms with van der Waals surface area (Å²) in [6.07, 6.45) is 0. The number of nitrogens with zero attached hydrogens (tertiary/aromatic N) is 2. The molecule has 2 heterocycles. The number of hydrazone groups is 1. The average molecular weight is 308 g/mol. The highest BCUT2D eigenvalue weighted by molar-refractivity contribution is 7.99. The first-order valence-electron chi connectivity index (χ1n) is 7.00. The second kappa shape index (κ2) is 5.10. The Hall–Kier alpha value is -2.40. The first-order valence-corrected chi connectivity index (χ1v) is 7.98. The minimum atomic E-state index is -0.366. The summed E-state index contributed by atoms with van der Waals surface area (Å²) >= 11 is 1.64. The average Bonchev–Trinajstić information content (AvgIpc) is 2.92. The topological polar surface area (TPSA) is 49.7 Å². The predicted molar refractivity (Wildman–Crippen MR) is 84.8 cm³/mol. The molecule has 0 saturated heterocycles. The molecule has 0 radical (unpaired) electrons. The van der Waals surface area contributed by atoms with Gasteiger partial charge < -0.3 is 0 Å². The Morgan fingerprint density at radius 3 is 2.64 bits per heavy atom. The first-order chi connectivity index (χ1) is 10.8. The van der Waals surface area contributed by atoms with E-state index in [9.17, 15) is 9.59 Å². The van der Waals surface area contributed by atoms with E-state index in [4.69, 9.17) is 0 Å². The molecule has 2 amide bonds. The van der Waals surface area contributed by atoms with Crippen LogP contribution in [0.4, 0.5) is 0 Å². The molecule has 1 unspecified atom stereocenters. The Balaban J connectivity index is 1.74. The number of fused-ring (bicyclic) bond motifs is 3. The van der Waals surface area contributed by atoms with Gasteiger partial charge in [-0.05, 0) is 18.2 Å². The summed E-state index contributed by atoms with van der Waals surface area (Å²) in [4.78, 5) is 26.2. The van der Waals surface area contributed by atoms with E-state index in [1.54, 1.807) is 36.0 Å². The first kappa shape index (κ1) is 13.3. The van der Waals surface area contributed by atoms with Gasteiger partial charge in [0.1, 0.15) is 0 Å². The number of benzene rings is 2. The predicted octanol–water partition coefficient (Wildman–Crippen LogP) is 2.80. The van der Waals surface area contributed by atoms with E-state index in [1.165, 1.54) is 0 Å². The maximum absolute atomic E-state index is 12.5. The molecule has 0 spiro atoms. The van der Waals surface area contributed by atoms with Crippen molar-refractivity contribution in [3.05, 3.63) is 65.7 Å². The molecule has 0 bridgehead atoms. The van der Waals surface area contributed by atoms with E-state index in [0.29, 0.717) is 17.0 Å². The van der Waals surface area contributed by atoms with Gasteiger partial charge in [-0.2, -0.15) is 10.1 Å². The van der Waals surface area contributed by atoms with E-state index >= 15 is 0 Å². The fraction of sp³-hybridized carbons (Fsp3) is 0.118. The van der Waals surface area contributed by atoms with Gasteiger partial charge in [-0.25, -0.2) is 0 Å². The standard InChI is InChI=1S/C17H12N2O2S/c20-16(11-6-2-1-3-7-11)19-17(21)13-10-22-14-9-5-4-8-12(14)15(13)18-19/h1-9,13H,10H2. The van der Waals surface area contributed by atoms with Crippen molar-refractivity contribution >= 4 is 29.3 Å². The number of imide groups is 1. The number of amides is 2. The molecule has 2 aliphatic rings. The van der Waals surface area contributed by atoms with Crippen molar-refractivity contribution in [1.82, 2.24) is 5.01 Å². The van der Waals surface area contributed by atoms with Crippen LogP contribution in [0.3, 0.4) is 0 Å². The highest BCUT2D eigenvalue weighted by Crippen LogP contribution is 2.37. The molecule has 5 heteroatoms. The number of carbonyl (C=O) groups is 2. The largest absolute Gasteiger partial charge is 0.281 e. The maximum Gasteiger partial charge on any atom is 0.281 e. The van der Waals surface area contributed by atoms with Crippen LogP contribution in [0.25, 0.3) is 0 Å². The SMILES string of the molecule is O=C(c1ccccc1)N1N=C2c3ccccc3SCC2C1=O. The lowest BCUT2D eigenvalue weighted by Gasteiger charge is -2.19. The van der Waals surface area contributed by atoms with Crippen molar-refractivity contribution in [3.8, 4) is 0 Å². The van der Waals surface area contributed by atoms with Crippen molar-refractivity contribution in [1.29, 1.82) is 0 Å². The molecule has 2 aromatic rings. The van der Waals surface area contributed by atoms with E-state index in [2.05, 4.69) is 5.10 Å². The molecule has 0 aliphatic carbocycles. The van der Waals surface area contributed by atoms with Gasteiger partial charge in [-0.3, -0.25) is 9.59 Å². The summed E-state index contributed by atoms with van der Waals surface area (Å²) in [6.45, 7) is 0. The minimum Gasteiger partial charge on any atom is -0.272 e. The lowest BCUT2D eigenvalue weighted by Crippen LogP contribution is -2.34. The van der Waals surface area contributed by atoms with Crippen molar-refractivity contribution in [2.75, 3.05) is 5.75 Å². The van der Waals surface area contributed by atoms with Crippen molar-refractivity contribution in [3.63, 3.8) is 0 Å². The Morgan fingerprint density at radius 1 is 1.09 bits per heavy atom. The van der Waals surface area contributed by atoms with Crippen LogP contribution in [0.1, 0.15) is 15.9 Å². The van der Waals surface area contributed by atoms with Gasteiger partial charge in [-0.1, -0.05) is 36.4 Å². The van der Waals surface area contributed by atoms with E-state index in [0.717, 1.165) is 15.5 Å². The molecule has 0 fully saturated rings. The summed E-state index contributed by atoms with van der Waals surface area (Å²) in [7, 11) is 0. The van der Waals surface area contributed by atoms with Crippen LogP contribution < -0.4 is 0 Å². The normalized spacial score (nSPS) is 19.5. The zero-order chi connectivity index (χ0) is 15.1. The second-order valence-electron chi connectivity index (χ2n) is 5.17. The quantitative estimate of drug-likeness (QED) is 0.761. The second-order valence-corrected chi connectivity index (χ2v) is 6.23. The Morgan fingerprint density at radius 2 is 1.82 bits per heavy atom. The highest BCUT2D eigenvalue weighted by Gasteiger charge is 2.42. The van der Waals surface area contributed by atoms with Crippen molar-refractivity contribution in [2.24, 2.45) is 11.0 Å². The van der Waals surface area contributed by atoms with Crippen LogP contribution in [0.2, 0.25) is 0 Å². The lowest BCUT2D eigenvalue weighted by atomic mass is 9.98. The summed E-state index contributed by atoms with van der Waals surface area (Å²) in [5.74, 6) is -0.291. The van der Waals surface area contributed by atoms with Crippen LogP contribution in [-0.4, -0.2) is 28.3 Å². The number of carbonyl (C=O) groups excluding carboxylic acids is 2. The molecule has 1 atom stereocenters. The summed E-state index contributed by atoms with van der Waals surface area (Å²) in [5.41, 5.74) is 2.14. The maximum atomic E-state index is 12.5. The highest BCUT2D eigenvalue weighted by atomic mass is 32.2. The zero-order valence-electron chi connectivity index (χ0n) is 11.6. The fourth-order valence-corrected chi connectivity index (χ4v) is 3.86. The van der Waals surface area contributed by atoms with Gasteiger partial charge >= 0.3 is 0 Å². The van der Waals surface area contributed by atoms with Crippen LogP contribution >= 0.6 is 11.8 Å². The van der Waals surface area contributed by atoms with Gasteiger partial charge in [0.15, 0.2) is 0 Å². The summed E-state index contributed by atoms with van der Waals surface area (Å²) < 4.78 is 0. The van der Waals surface area contributed by atoms with Crippen molar-refractivity contribution in [2.45, 2.75) is 4.90 Å². The molecular weight excluding hydrogens is 296 g/mol. The number of thioether (sulfide) groups is 1. The van der Waals surface area contributed by atoms with Gasteiger partial charge in [0, 0.05) is 21.8 Å². The van der Waals surface area contributed by atoms with Gasteiger partial charge in [0.25, 0.3) is 11.8 Å². The number of hydrogen-bond donors (Lipinski definition) is 0. The Kier molecular flexibility index (Phi) is 3.08. The molecule has 108 valence electrons. The third-order valence-electron chi connectivity index (χ3n) is 3.83. The van der Waals surface area contributed by atoms with Crippen LogP contribution in [0.15, 0.2) is 64.6 Å². The minimum absolute atomic E-state index is 0.231. The van der Waals surface area contributed by atoms with Gasteiger partial charge in [-0.15, -0.1) is 11.8 Å². The molecule has 0 saturated carbocycles. The summed E-state index contributed by atoms with van der Waals surface area (Å²) in [6, 6.07) is 16.6. The monoisotopic (exact) mass is 308 g/mol. The number of hydrogen-bond acceptors (Lipinski definition) is 4. The summed E-state index contributed by atoms with van der Waals surface area (Å²) in [5, 5.41) is 5.37. The molecule has 0 aromatic heterocycles. The molecule has 4 nitrogen and oxygen atoms in total. The molecule has 4 rings (SSSR count). The number of rotatable bonds is 1. The third-order valence-corrected chi connectivity index (χ3v) is 4.99. The van der Waals surface area contributed by atoms with Crippen LogP contribution in [0.5, 0.6) is 0 Å². The van der Waals surface area contributed by atoms with Crippen molar-refractivity contribution < 1.29 is 9.59 Å². The fourth-order valence-electron chi connectivity index (χ4n) is 2.71. The lowest BCUT2D eigenvalue weighted by molar-refractivity contribution is -0.128. The molecule has 0 N–H and O–H groups in total.